The number of benzene rings is 1. The molecule has 1 aromatic rings. The van der Waals surface area contributed by atoms with Gasteiger partial charge in [-0.05, 0) is 62.7 Å². The lowest BCUT2D eigenvalue weighted by Gasteiger charge is -2.37. The topological polar surface area (TPSA) is 58.4 Å². The summed E-state index contributed by atoms with van der Waals surface area (Å²) in [7, 11) is 0. The Bertz CT molecular complexity index is 550. The lowest BCUT2D eigenvalue weighted by molar-refractivity contribution is -0.126. The van der Waals surface area contributed by atoms with Crippen molar-refractivity contribution in [2.24, 2.45) is 23.5 Å². The third kappa shape index (κ3) is 6.35. The van der Waals surface area contributed by atoms with Gasteiger partial charge in [0, 0.05) is 12.5 Å². The molecule has 0 bridgehead atoms. The zero-order valence-electron chi connectivity index (χ0n) is 16.3. The molecule has 154 valence electrons. The van der Waals surface area contributed by atoms with E-state index in [1.165, 1.54) is 18.4 Å². The first kappa shape index (κ1) is 24.2. The first-order valence-corrected chi connectivity index (χ1v) is 9.95. The van der Waals surface area contributed by atoms with Crippen LogP contribution in [0.4, 0.5) is 0 Å². The molecule has 0 aromatic heterocycles. The Kier molecular flexibility index (Phi) is 10.7. The van der Waals surface area contributed by atoms with Gasteiger partial charge in [0.2, 0.25) is 5.91 Å². The second kappa shape index (κ2) is 11.9. The second-order valence-electron chi connectivity index (χ2n) is 7.92. The Morgan fingerprint density at radius 3 is 2.44 bits per heavy atom. The van der Waals surface area contributed by atoms with E-state index in [0.29, 0.717) is 19.0 Å². The molecule has 1 unspecified atom stereocenters. The molecule has 3 N–H and O–H groups in total. The highest BCUT2D eigenvalue weighted by molar-refractivity contribution is 5.85. The Balaban J connectivity index is 0.00000182. The van der Waals surface area contributed by atoms with Gasteiger partial charge >= 0.3 is 0 Å². The second-order valence-corrected chi connectivity index (χ2v) is 7.92. The number of amides is 1. The van der Waals surface area contributed by atoms with E-state index in [1.54, 1.807) is 0 Å². The normalized spacial score (nSPS) is 24.5. The lowest BCUT2D eigenvalue weighted by atomic mass is 9.94. The maximum absolute atomic E-state index is 12.7. The number of hydrogen-bond acceptors (Lipinski definition) is 3. The van der Waals surface area contributed by atoms with E-state index >= 15 is 0 Å². The molecule has 3 atom stereocenters. The van der Waals surface area contributed by atoms with Gasteiger partial charge in [-0.1, -0.05) is 43.7 Å². The molecular weight excluding hydrogens is 381 g/mol. The van der Waals surface area contributed by atoms with E-state index in [1.807, 2.05) is 0 Å². The average Bonchev–Trinajstić information content (AvgIpc) is 3.13. The number of nitrogens with zero attached hydrogens (tertiary/aromatic N) is 1. The standard InChI is InChI=1S/C21H33N3O.2ClH/c1-16-10-12-24(13-11-16)20(17-6-3-2-4-7-17)15-23-21(25)19-9-5-8-18(19)14-22;;/h2-4,6-7,16,18-20H,5,8-15,22H2,1H3,(H,23,25);2*1H/t18-,19-,20?;;/m1../s1. The van der Waals surface area contributed by atoms with Gasteiger partial charge in [-0.2, -0.15) is 0 Å². The van der Waals surface area contributed by atoms with E-state index in [2.05, 4.69) is 47.5 Å². The zero-order chi connectivity index (χ0) is 17.6. The van der Waals surface area contributed by atoms with Gasteiger partial charge in [-0.3, -0.25) is 9.69 Å². The number of carbonyl (C=O) groups is 1. The predicted octanol–water partition coefficient (Wildman–Crippen LogP) is 3.79. The number of rotatable bonds is 6. The largest absolute Gasteiger partial charge is 0.354 e. The van der Waals surface area contributed by atoms with Gasteiger partial charge in [0.05, 0.1) is 6.04 Å². The van der Waals surface area contributed by atoms with Crippen LogP contribution in [0.5, 0.6) is 0 Å². The first-order chi connectivity index (χ1) is 12.2. The fraction of sp³-hybridized carbons (Fsp3) is 0.667. The molecule has 6 heteroatoms. The van der Waals surface area contributed by atoms with E-state index in [9.17, 15) is 4.79 Å². The quantitative estimate of drug-likeness (QED) is 0.742. The van der Waals surface area contributed by atoms with Crippen molar-refractivity contribution >= 4 is 30.7 Å². The van der Waals surface area contributed by atoms with Crippen molar-refractivity contribution in [1.82, 2.24) is 10.2 Å². The van der Waals surface area contributed by atoms with E-state index < -0.39 is 0 Å². The lowest BCUT2D eigenvalue weighted by Crippen LogP contribution is -2.44. The zero-order valence-corrected chi connectivity index (χ0v) is 17.9. The molecule has 2 aliphatic rings. The summed E-state index contributed by atoms with van der Waals surface area (Å²) in [6, 6.07) is 10.9. The van der Waals surface area contributed by atoms with Crippen LogP contribution in [0.15, 0.2) is 30.3 Å². The third-order valence-electron chi connectivity index (χ3n) is 6.21. The fourth-order valence-corrected chi connectivity index (χ4v) is 4.47. The average molecular weight is 416 g/mol. The van der Waals surface area contributed by atoms with Crippen LogP contribution in [0.25, 0.3) is 0 Å². The molecular formula is C21H35Cl2N3O. The minimum absolute atomic E-state index is 0. The van der Waals surface area contributed by atoms with Gasteiger partial charge in [0.1, 0.15) is 0 Å². The monoisotopic (exact) mass is 415 g/mol. The third-order valence-corrected chi connectivity index (χ3v) is 6.21. The Morgan fingerprint density at radius 2 is 1.81 bits per heavy atom. The molecule has 0 radical (unpaired) electrons. The molecule has 0 spiro atoms. The molecule has 3 rings (SSSR count). The van der Waals surface area contributed by atoms with Crippen molar-refractivity contribution in [2.75, 3.05) is 26.2 Å². The maximum Gasteiger partial charge on any atom is 0.223 e. The van der Waals surface area contributed by atoms with E-state index in [-0.39, 0.29) is 42.7 Å². The van der Waals surface area contributed by atoms with Crippen molar-refractivity contribution in [2.45, 2.75) is 45.1 Å². The van der Waals surface area contributed by atoms with Crippen molar-refractivity contribution in [1.29, 1.82) is 0 Å². The van der Waals surface area contributed by atoms with Gasteiger partial charge in [0.15, 0.2) is 0 Å². The summed E-state index contributed by atoms with van der Waals surface area (Å²) in [5, 5.41) is 3.26. The van der Waals surface area contributed by atoms with E-state index in [0.717, 1.165) is 38.3 Å². The number of hydrogen-bond donors (Lipinski definition) is 2. The highest BCUT2D eigenvalue weighted by atomic mass is 35.5. The number of carbonyl (C=O) groups excluding carboxylic acids is 1. The van der Waals surface area contributed by atoms with Crippen LogP contribution in [0.1, 0.15) is 50.6 Å². The van der Waals surface area contributed by atoms with Crippen LogP contribution < -0.4 is 11.1 Å². The minimum Gasteiger partial charge on any atom is -0.354 e. The van der Waals surface area contributed by atoms with Gasteiger partial charge in [-0.15, -0.1) is 24.8 Å². The summed E-state index contributed by atoms with van der Waals surface area (Å²) in [5.41, 5.74) is 7.16. The highest BCUT2D eigenvalue weighted by Gasteiger charge is 2.32. The molecule has 1 aliphatic carbocycles. The summed E-state index contributed by atoms with van der Waals surface area (Å²) < 4.78 is 0. The number of piperidine rings is 1. The molecule has 27 heavy (non-hydrogen) atoms. The molecule has 1 saturated carbocycles. The SMILES string of the molecule is CC1CCN(C(CNC(=O)[C@@H]2CCC[C@@H]2CN)c2ccccc2)CC1.Cl.Cl. The number of nitrogens with one attached hydrogen (secondary N) is 1. The summed E-state index contributed by atoms with van der Waals surface area (Å²) in [5.74, 6) is 1.50. The highest BCUT2D eigenvalue weighted by Crippen LogP contribution is 2.31. The number of halogens is 2. The smallest absolute Gasteiger partial charge is 0.223 e. The predicted molar refractivity (Wildman–Crippen MR) is 117 cm³/mol. The molecule has 1 heterocycles. The first-order valence-electron chi connectivity index (χ1n) is 9.95. The molecule has 1 saturated heterocycles. The molecule has 2 fully saturated rings. The number of likely N-dealkylation sites (tertiary alicyclic amines) is 1. The van der Waals surface area contributed by atoms with Crippen LogP contribution in [0, 0.1) is 17.8 Å². The molecule has 1 amide bonds. The Morgan fingerprint density at radius 1 is 1.15 bits per heavy atom. The van der Waals surface area contributed by atoms with Gasteiger partial charge in [-0.25, -0.2) is 0 Å². The van der Waals surface area contributed by atoms with Gasteiger partial charge < -0.3 is 11.1 Å². The number of nitrogens with two attached hydrogens (primary N) is 1. The summed E-state index contributed by atoms with van der Waals surface area (Å²) >= 11 is 0. The summed E-state index contributed by atoms with van der Waals surface area (Å²) in [6.45, 7) is 5.90. The summed E-state index contributed by atoms with van der Waals surface area (Å²) in [4.78, 5) is 15.2. The summed E-state index contributed by atoms with van der Waals surface area (Å²) in [6.07, 6.45) is 5.71. The maximum atomic E-state index is 12.7. The van der Waals surface area contributed by atoms with Crippen molar-refractivity contribution in [3.05, 3.63) is 35.9 Å². The van der Waals surface area contributed by atoms with E-state index in [4.69, 9.17) is 5.73 Å². The Labute approximate surface area is 176 Å². The van der Waals surface area contributed by atoms with Crippen molar-refractivity contribution in [3.63, 3.8) is 0 Å². The van der Waals surface area contributed by atoms with Crippen LogP contribution >= 0.6 is 24.8 Å². The van der Waals surface area contributed by atoms with Crippen LogP contribution in [0.2, 0.25) is 0 Å². The molecule has 1 aromatic carbocycles. The van der Waals surface area contributed by atoms with Crippen LogP contribution in [-0.2, 0) is 4.79 Å². The van der Waals surface area contributed by atoms with Crippen LogP contribution in [-0.4, -0.2) is 37.0 Å². The molecule has 4 nitrogen and oxygen atoms in total. The van der Waals surface area contributed by atoms with Crippen molar-refractivity contribution in [3.8, 4) is 0 Å². The fourth-order valence-electron chi connectivity index (χ4n) is 4.47. The van der Waals surface area contributed by atoms with Crippen molar-refractivity contribution < 1.29 is 4.79 Å². The Hall–Kier alpha value is -0.810. The minimum atomic E-state index is 0. The van der Waals surface area contributed by atoms with Gasteiger partial charge in [0.25, 0.3) is 0 Å². The molecule has 1 aliphatic heterocycles. The van der Waals surface area contributed by atoms with Crippen LogP contribution in [0.3, 0.4) is 0 Å².